The number of rotatable bonds is 4. The number of halogens is 3. The highest BCUT2D eigenvalue weighted by atomic mass is 35.5. The Hall–Kier alpha value is -2.98. The Kier molecular flexibility index (Phi) is 4.73. The highest BCUT2D eigenvalue weighted by Crippen LogP contribution is 2.36. The number of aromatic nitrogens is 2. The van der Waals surface area contributed by atoms with Gasteiger partial charge in [-0.3, -0.25) is 4.68 Å². The van der Waals surface area contributed by atoms with Gasteiger partial charge in [0.1, 0.15) is 17.3 Å². The van der Waals surface area contributed by atoms with Crippen LogP contribution in [0.25, 0.3) is 22.5 Å². The maximum absolute atomic E-state index is 13.4. The van der Waals surface area contributed by atoms with Crippen molar-refractivity contribution < 1.29 is 8.78 Å². The fourth-order valence-electron chi connectivity index (χ4n) is 2.99. The molecule has 1 aromatic heterocycles. The maximum atomic E-state index is 13.4. The average molecular weight is 381 g/mol. The zero-order valence-corrected chi connectivity index (χ0v) is 15.0. The second kappa shape index (κ2) is 7.33. The molecule has 0 N–H and O–H groups in total. The van der Waals surface area contributed by atoms with Crippen molar-refractivity contribution in [1.29, 1.82) is 0 Å². The van der Waals surface area contributed by atoms with E-state index in [1.807, 2.05) is 30.3 Å². The molecule has 0 fully saturated rings. The molecule has 5 heteroatoms. The Bertz CT molecular complexity index is 1060. The Balaban J connectivity index is 1.86. The molecule has 3 aromatic carbocycles. The van der Waals surface area contributed by atoms with Crippen LogP contribution in [-0.2, 0) is 6.54 Å². The fraction of sp³-hybridized carbons (Fsp3) is 0.0455. The van der Waals surface area contributed by atoms with E-state index in [2.05, 4.69) is 5.10 Å². The minimum absolute atomic E-state index is 0.317. The van der Waals surface area contributed by atoms with Gasteiger partial charge in [0, 0.05) is 11.1 Å². The van der Waals surface area contributed by atoms with Crippen LogP contribution in [0.5, 0.6) is 0 Å². The smallest absolute Gasteiger partial charge is 0.123 e. The molecule has 0 saturated carbocycles. The molecule has 4 aromatic rings. The lowest BCUT2D eigenvalue weighted by Crippen LogP contribution is -2.04. The highest BCUT2D eigenvalue weighted by Gasteiger charge is 2.19. The molecule has 0 unspecified atom stereocenters. The topological polar surface area (TPSA) is 17.8 Å². The van der Waals surface area contributed by atoms with Gasteiger partial charge >= 0.3 is 0 Å². The molecule has 0 saturated heterocycles. The summed E-state index contributed by atoms with van der Waals surface area (Å²) in [6.07, 6.45) is 0. The van der Waals surface area contributed by atoms with E-state index < -0.39 is 0 Å². The van der Waals surface area contributed by atoms with E-state index in [4.69, 9.17) is 11.6 Å². The van der Waals surface area contributed by atoms with Gasteiger partial charge in [0.05, 0.1) is 17.3 Å². The normalized spacial score (nSPS) is 10.9. The van der Waals surface area contributed by atoms with E-state index in [1.165, 1.54) is 24.3 Å². The quantitative estimate of drug-likeness (QED) is 0.412. The lowest BCUT2D eigenvalue weighted by atomic mass is 10.1. The van der Waals surface area contributed by atoms with E-state index in [0.29, 0.717) is 23.0 Å². The van der Waals surface area contributed by atoms with Crippen molar-refractivity contribution in [1.82, 2.24) is 9.78 Å². The summed E-state index contributed by atoms with van der Waals surface area (Å²) in [4.78, 5) is 0. The van der Waals surface area contributed by atoms with Crippen molar-refractivity contribution in [3.05, 3.63) is 101 Å². The van der Waals surface area contributed by atoms with Crippen LogP contribution < -0.4 is 0 Å². The molecule has 2 nitrogen and oxygen atoms in total. The van der Waals surface area contributed by atoms with Crippen LogP contribution in [0.2, 0.25) is 5.02 Å². The Labute approximate surface area is 160 Å². The minimum atomic E-state index is -0.322. The monoisotopic (exact) mass is 380 g/mol. The third kappa shape index (κ3) is 3.62. The number of hydrogen-bond acceptors (Lipinski definition) is 1. The van der Waals surface area contributed by atoms with Gasteiger partial charge in [-0.05, 0) is 54.1 Å². The molecular formula is C22H15ClF2N2. The van der Waals surface area contributed by atoms with E-state index >= 15 is 0 Å². The molecular weight excluding hydrogens is 366 g/mol. The van der Waals surface area contributed by atoms with E-state index in [-0.39, 0.29) is 11.6 Å². The van der Waals surface area contributed by atoms with Crippen LogP contribution in [0.3, 0.4) is 0 Å². The van der Waals surface area contributed by atoms with Crippen molar-refractivity contribution in [2.75, 3.05) is 0 Å². The molecule has 0 aliphatic rings. The Morgan fingerprint density at radius 3 is 1.89 bits per heavy atom. The fourth-order valence-corrected chi connectivity index (χ4v) is 3.34. The number of hydrogen-bond donors (Lipinski definition) is 0. The molecule has 0 bridgehead atoms. The summed E-state index contributed by atoms with van der Waals surface area (Å²) in [6, 6.07) is 22.0. The molecule has 0 amide bonds. The second-order valence-corrected chi connectivity index (χ2v) is 6.55. The van der Waals surface area contributed by atoms with Crippen LogP contribution >= 0.6 is 11.6 Å². The summed E-state index contributed by atoms with van der Waals surface area (Å²) in [6.45, 7) is 0.508. The molecule has 134 valence electrons. The largest absolute Gasteiger partial charge is 0.258 e. The van der Waals surface area contributed by atoms with Crippen LogP contribution in [0.15, 0.2) is 78.9 Å². The summed E-state index contributed by atoms with van der Waals surface area (Å²) in [5, 5.41) is 5.12. The molecule has 0 atom stereocenters. The maximum Gasteiger partial charge on any atom is 0.123 e. The van der Waals surface area contributed by atoms with Gasteiger partial charge < -0.3 is 0 Å². The number of nitrogens with zero attached hydrogens (tertiary/aromatic N) is 2. The Morgan fingerprint density at radius 2 is 1.30 bits per heavy atom. The molecule has 0 radical (unpaired) electrons. The summed E-state index contributed by atoms with van der Waals surface area (Å²) in [7, 11) is 0. The summed E-state index contributed by atoms with van der Waals surface area (Å²) in [5.74, 6) is -0.639. The molecule has 1 heterocycles. The molecule has 0 aliphatic carbocycles. The van der Waals surface area contributed by atoms with Crippen LogP contribution in [0.4, 0.5) is 8.78 Å². The SMILES string of the molecule is Fc1ccc(-c2nn(Cc3ccccc3)c(-c3ccc(F)cc3)c2Cl)cc1. The van der Waals surface area contributed by atoms with Gasteiger partial charge in [0.25, 0.3) is 0 Å². The van der Waals surface area contributed by atoms with Crippen molar-refractivity contribution in [3.8, 4) is 22.5 Å². The van der Waals surface area contributed by atoms with Gasteiger partial charge in [-0.15, -0.1) is 0 Å². The standard InChI is InChI=1S/C22H15ClF2N2/c23-20-21(16-6-10-18(24)11-7-16)26-27(14-15-4-2-1-3-5-15)22(20)17-8-12-19(25)13-9-17/h1-13H,14H2. The van der Waals surface area contributed by atoms with E-state index in [9.17, 15) is 8.78 Å². The first-order valence-electron chi connectivity index (χ1n) is 8.44. The zero-order valence-electron chi connectivity index (χ0n) is 14.2. The third-order valence-electron chi connectivity index (χ3n) is 4.31. The summed E-state index contributed by atoms with van der Waals surface area (Å²) in [5.41, 5.74) is 3.80. The van der Waals surface area contributed by atoms with Crippen molar-refractivity contribution in [3.63, 3.8) is 0 Å². The highest BCUT2D eigenvalue weighted by molar-refractivity contribution is 6.35. The van der Waals surface area contributed by atoms with Gasteiger partial charge in [-0.25, -0.2) is 8.78 Å². The summed E-state index contributed by atoms with van der Waals surface area (Å²) >= 11 is 6.67. The predicted molar refractivity (Wildman–Crippen MR) is 104 cm³/mol. The second-order valence-electron chi connectivity index (χ2n) is 6.17. The predicted octanol–water partition coefficient (Wildman–Crippen LogP) is 6.20. The van der Waals surface area contributed by atoms with Crippen molar-refractivity contribution >= 4 is 11.6 Å². The summed E-state index contributed by atoms with van der Waals surface area (Å²) < 4.78 is 28.4. The van der Waals surface area contributed by atoms with Gasteiger partial charge in [-0.1, -0.05) is 41.9 Å². The lowest BCUT2D eigenvalue weighted by Gasteiger charge is -2.08. The molecule has 0 aliphatic heterocycles. The molecule has 4 rings (SSSR count). The minimum Gasteiger partial charge on any atom is -0.258 e. The Morgan fingerprint density at radius 1 is 0.741 bits per heavy atom. The van der Waals surface area contributed by atoms with Crippen molar-refractivity contribution in [2.45, 2.75) is 6.54 Å². The van der Waals surface area contributed by atoms with Crippen LogP contribution in [0.1, 0.15) is 5.56 Å². The first-order valence-corrected chi connectivity index (χ1v) is 8.82. The molecule has 27 heavy (non-hydrogen) atoms. The molecule has 0 spiro atoms. The van der Waals surface area contributed by atoms with Gasteiger partial charge in [-0.2, -0.15) is 5.10 Å². The first-order chi connectivity index (χ1) is 13.1. The van der Waals surface area contributed by atoms with E-state index in [1.54, 1.807) is 28.9 Å². The first kappa shape index (κ1) is 17.4. The third-order valence-corrected chi connectivity index (χ3v) is 4.66. The van der Waals surface area contributed by atoms with Crippen LogP contribution in [-0.4, -0.2) is 9.78 Å². The zero-order chi connectivity index (χ0) is 18.8. The van der Waals surface area contributed by atoms with Crippen molar-refractivity contribution in [2.24, 2.45) is 0 Å². The van der Waals surface area contributed by atoms with Crippen LogP contribution in [0, 0.1) is 11.6 Å². The average Bonchev–Trinajstić information content (AvgIpc) is 3.00. The van der Waals surface area contributed by atoms with E-state index in [0.717, 1.165) is 16.7 Å². The van der Waals surface area contributed by atoms with Gasteiger partial charge in [0.15, 0.2) is 0 Å². The lowest BCUT2D eigenvalue weighted by molar-refractivity contribution is 0.627. The number of benzene rings is 3. The van der Waals surface area contributed by atoms with Gasteiger partial charge in [0.2, 0.25) is 0 Å².